The molecule has 1 fully saturated rings. The van der Waals surface area contributed by atoms with Crippen LogP contribution in [0.15, 0.2) is 48.8 Å². The van der Waals surface area contributed by atoms with Gasteiger partial charge >= 0.3 is 0 Å². The molecule has 1 aromatic heterocycles. The van der Waals surface area contributed by atoms with E-state index in [-0.39, 0.29) is 29.9 Å². The summed E-state index contributed by atoms with van der Waals surface area (Å²) >= 11 is 5.93. The Morgan fingerprint density at radius 1 is 1.33 bits per heavy atom. The van der Waals surface area contributed by atoms with Gasteiger partial charge in [-0.2, -0.15) is 0 Å². The third-order valence-electron chi connectivity index (χ3n) is 4.52. The SMILES string of the molecule is CO[C@H](c1ccc(Cl)cc1)[C@H](C)NC(=O)[C@@H]1C[C@@H]1c1cccnc1. The van der Waals surface area contributed by atoms with Crippen molar-refractivity contribution in [2.75, 3.05) is 7.11 Å². The van der Waals surface area contributed by atoms with Crippen LogP contribution in [-0.2, 0) is 9.53 Å². The second-order valence-corrected chi connectivity index (χ2v) is 6.68. The minimum atomic E-state index is -0.207. The molecule has 0 aliphatic heterocycles. The van der Waals surface area contributed by atoms with Gasteiger partial charge in [0.2, 0.25) is 5.91 Å². The molecule has 1 N–H and O–H groups in total. The van der Waals surface area contributed by atoms with Crippen molar-refractivity contribution in [3.8, 4) is 0 Å². The van der Waals surface area contributed by atoms with Gasteiger partial charge in [0, 0.05) is 30.4 Å². The molecule has 0 spiro atoms. The number of ether oxygens (including phenoxy) is 1. The second-order valence-electron chi connectivity index (χ2n) is 6.24. The molecule has 0 bridgehead atoms. The molecule has 4 nitrogen and oxygen atoms in total. The fraction of sp³-hybridized carbons (Fsp3) is 0.368. The number of nitrogens with zero attached hydrogens (tertiary/aromatic N) is 1. The van der Waals surface area contributed by atoms with Crippen LogP contribution < -0.4 is 5.32 Å². The van der Waals surface area contributed by atoms with Gasteiger partial charge in [-0.1, -0.05) is 29.8 Å². The average molecular weight is 345 g/mol. The Kier molecular flexibility index (Phi) is 5.17. The van der Waals surface area contributed by atoms with Crippen LogP contribution in [0.3, 0.4) is 0 Å². The number of pyridine rings is 1. The minimum Gasteiger partial charge on any atom is -0.375 e. The molecule has 4 atom stereocenters. The maximum atomic E-state index is 12.5. The van der Waals surface area contributed by atoms with Crippen LogP contribution >= 0.6 is 11.6 Å². The summed E-state index contributed by atoms with van der Waals surface area (Å²) in [6, 6.07) is 11.3. The third-order valence-corrected chi connectivity index (χ3v) is 4.77. The monoisotopic (exact) mass is 344 g/mol. The highest BCUT2D eigenvalue weighted by Gasteiger charge is 2.44. The highest BCUT2D eigenvalue weighted by atomic mass is 35.5. The number of halogens is 1. The first kappa shape index (κ1) is 16.9. The molecule has 1 amide bonds. The first-order chi connectivity index (χ1) is 11.6. The van der Waals surface area contributed by atoms with Crippen molar-refractivity contribution in [2.24, 2.45) is 5.92 Å². The molecule has 1 heterocycles. The number of hydrogen-bond donors (Lipinski definition) is 1. The van der Waals surface area contributed by atoms with Crippen molar-refractivity contribution in [3.63, 3.8) is 0 Å². The molecule has 0 radical (unpaired) electrons. The van der Waals surface area contributed by atoms with Gasteiger partial charge in [0.05, 0.1) is 6.04 Å². The van der Waals surface area contributed by atoms with Crippen LogP contribution in [0.2, 0.25) is 5.02 Å². The Hall–Kier alpha value is -1.91. The maximum absolute atomic E-state index is 12.5. The molecule has 24 heavy (non-hydrogen) atoms. The van der Waals surface area contributed by atoms with E-state index in [0.29, 0.717) is 5.02 Å². The Labute approximate surface area is 147 Å². The van der Waals surface area contributed by atoms with E-state index in [1.165, 1.54) is 0 Å². The summed E-state index contributed by atoms with van der Waals surface area (Å²) in [4.78, 5) is 16.6. The van der Waals surface area contributed by atoms with Crippen molar-refractivity contribution >= 4 is 17.5 Å². The van der Waals surface area contributed by atoms with E-state index in [1.54, 1.807) is 13.3 Å². The third kappa shape index (κ3) is 3.77. The molecule has 0 saturated heterocycles. The number of nitrogens with one attached hydrogen (secondary N) is 1. The van der Waals surface area contributed by atoms with Crippen molar-refractivity contribution < 1.29 is 9.53 Å². The molecule has 5 heteroatoms. The second kappa shape index (κ2) is 7.32. The van der Waals surface area contributed by atoms with Gasteiger partial charge in [0.1, 0.15) is 6.10 Å². The molecular formula is C19H21ClN2O2. The number of hydrogen-bond acceptors (Lipinski definition) is 3. The lowest BCUT2D eigenvalue weighted by atomic mass is 10.0. The maximum Gasteiger partial charge on any atom is 0.224 e. The zero-order valence-corrected chi connectivity index (χ0v) is 14.5. The standard InChI is InChI=1S/C19H21ClN2O2/c1-12(18(24-2)13-5-7-15(20)8-6-13)22-19(23)17-10-16(17)14-4-3-9-21-11-14/h3-9,11-12,16-18H,10H2,1-2H3,(H,22,23)/t12-,16+,17+,18-/m0/s1. The molecule has 0 unspecified atom stereocenters. The highest BCUT2D eigenvalue weighted by molar-refractivity contribution is 6.30. The van der Waals surface area contributed by atoms with E-state index in [4.69, 9.17) is 16.3 Å². The van der Waals surface area contributed by atoms with Crippen LogP contribution in [0, 0.1) is 5.92 Å². The summed E-state index contributed by atoms with van der Waals surface area (Å²) in [6.07, 6.45) is 4.26. The van der Waals surface area contributed by atoms with Gasteiger partial charge < -0.3 is 10.1 Å². The first-order valence-corrected chi connectivity index (χ1v) is 8.46. The normalized spacial score (nSPS) is 21.8. The van der Waals surface area contributed by atoms with Crippen LogP contribution in [0.4, 0.5) is 0 Å². The summed E-state index contributed by atoms with van der Waals surface area (Å²) in [5, 5.41) is 3.77. The van der Waals surface area contributed by atoms with Gasteiger partial charge in [-0.15, -0.1) is 0 Å². The van der Waals surface area contributed by atoms with Gasteiger partial charge in [0.15, 0.2) is 0 Å². The molecule has 1 aliphatic carbocycles. The lowest BCUT2D eigenvalue weighted by molar-refractivity contribution is -0.124. The summed E-state index contributed by atoms with van der Waals surface area (Å²) in [6.45, 7) is 1.96. The van der Waals surface area contributed by atoms with Gasteiger partial charge in [-0.25, -0.2) is 0 Å². The lowest BCUT2D eigenvalue weighted by Crippen LogP contribution is -2.38. The summed E-state index contributed by atoms with van der Waals surface area (Å²) in [7, 11) is 1.65. The molecular weight excluding hydrogens is 324 g/mol. The topological polar surface area (TPSA) is 51.2 Å². The van der Waals surface area contributed by atoms with Gasteiger partial charge in [-0.3, -0.25) is 9.78 Å². The van der Waals surface area contributed by atoms with E-state index in [9.17, 15) is 4.79 Å². The van der Waals surface area contributed by atoms with Crippen LogP contribution in [0.1, 0.15) is 36.5 Å². The smallest absolute Gasteiger partial charge is 0.224 e. The van der Waals surface area contributed by atoms with Gasteiger partial charge in [-0.05, 0) is 48.6 Å². The van der Waals surface area contributed by atoms with E-state index in [0.717, 1.165) is 17.5 Å². The minimum absolute atomic E-state index is 0.0272. The number of aromatic nitrogens is 1. The number of methoxy groups -OCH3 is 1. The number of carbonyl (C=O) groups is 1. The van der Waals surface area contributed by atoms with E-state index in [2.05, 4.69) is 10.3 Å². The van der Waals surface area contributed by atoms with E-state index in [1.807, 2.05) is 49.5 Å². The Morgan fingerprint density at radius 2 is 2.08 bits per heavy atom. The largest absolute Gasteiger partial charge is 0.375 e. The Bertz CT molecular complexity index is 690. The average Bonchev–Trinajstić information content (AvgIpc) is 3.39. The van der Waals surface area contributed by atoms with Crippen molar-refractivity contribution in [3.05, 3.63) is 64.9 Å². The highest BCUT2D eigenvalue weighted by Crippen LogP contribution is 2.47. The predicted octanol–water partition coefficient (Wildman–Crippen LogP) is 3.73. The quantitative estimate of drug-likeness (QED) is 0.868. The van der Waals surface area contributed by atoms with Crippen molar-refractivity contribution in [1.29, 1.82) is 0 Å². The number of amides is 1. The van der Waals surface area contributed by atoms with Crippen LogP contribution in [-0.4, -0.2) is 24.0 Å². The number of benzene rings is 1. The number of carbonyl (C=O) groups excluding carboxylic acids is 1. The summed E-state index contributed by atoms with van der Waals surface area (Å²) in [5.74, 6) is 0.383. The zero-order chi connectivity index (χ0) is 17.1. The fourth-order valence-corrected chi connectivity index (χ4v) is 3.26. The van der Waals surface area contributed by atoms with Crippen LogP contribution in [0.5, 0.6) is 0 Å². The summed E-state index contributed by atoms with van der Waals surface area (Å²) in [5.41, 5.74) is 2.13. The van der Waals surface area contributed by atoms with Gasteiger partial charge in [0.25, 0.3) is 0 Å². The van der Waals surface area contributed by atoms with E-state index < -0.39 is 0 Å². The molecule has 1 saturated carbocycles. The Balaban J connectivity index is 1.60. The first-order valence-electron chi connectivity index (χ1n) is 8.08. The molecule has 126 valence electrons. The Morgan fingerprint density at radius 3 is 2.71 bits per heavy atom. The lowest BCUT2D eigenvalue weighted by Gasteiger charge is -2.24. The van der Waals surface area contributed by atoms with Crippen molar-refractivity contribution in [2.45, 2.75) is 31.4 Å². The molecule has 1 aromatic carbocycles. The summed E-state index contributed by atoms with van der Waals surface area (Å²) < 4.78 is 5.58. The molecule has 3 rings (SSSR count). The van der Waals surface area contributed by atoms with Crippen LogP contribution in [0.25, 0.3) is 0 Å². The zero-order valence-electron chi connectivity index (χ0n) is 13.8. The molecule has 2 aromatic rings. The predicted molar refractivity (Wildman–Crippen MR) is 93.9 cm³/mol. The van der Waals surface area contributed by atoms with E-state index >= 15 is 0 Å². The molecule has 1 aliphatic rings. The fourth-order valence-electron chi connectivity index (χ4n) is 3.14. The number of rotatable bonds is 6. The van der Waals surface area contributed by atoms with Crippen molar-refractivity contribution in [1.82, 2.24) is 10.3 Å².